The second kappa shape index (κ2) is 12.2. The average molecular weight is 483 g/mol. The molecule has 1 aliphatic heterocycles. The molecule has 3 N–H and O–H groups in total. The van der Waals surface area contributed by atoms with Crippen molar-refractivity contribution >= 4 is 17.6 Å². The molecule has 33 heavy (non-hydrogen) atoms. The van der Waals surface area contributed by atoms with E-state index in [0.29, 0.717) is 30.4 Å². The molecule has 0 bridgehead atoms. The molecule has 1 saturated carbocycles. The molecule has 7 atom stereocenters. The molecule has 1 unspecified atom stereocenters. The third kappa shape index (κ3) is 7.17. The van der Waals surface area contributed by atoms with Crippen LogP contribution < -0.4 is 4.74 Å². The highest BCUT2D eigenvalue weighted by Gasteiger charge is 2.43. The molecule has 1 aromatic carbocycles. The van der Waals surface area contributed by atoms with Gasteiger partial charge >= 0.3 is 5.97 Å². The van der Waals surface area contributed by atoms with Crippen molar-refractivity contribution in [2.24, 2.45) is 23.7 Å². The molecule has 1 aliphatic carbocycles. The lowest BCUT2D eigenvalue weighted by atomic mass is 9.87. The number of rotatable bonds is 10. The smallest absolute Gasteiger partial charge is 0.333 e. The zero-order chi connectivity index (χ0) is 24.0. The van der Waals surface area contributed by atoms with E-state index in [1.54, 1.807) is 18.2 Å². The van der Waals surface area contributed by atoms with Crippen LogP contribution in [0.1, 0.15) is 33.1 Å². The first-order chi connectivity index (χ1) is 15.8. The fourth-order valence-electron chi connectivity index (χ4n) is 4.68. The van der Waals surface area contributed by atoms with Crippen LogP contribution in [-0.2, 0) is 14.3 Å². The standard InChI is InChI=1S/C25H35ClO7/c1-15(2)24(25(29)30)33-13-16-7-9-19-18(21(28)11-23(19)31-12-16)10-8-17(27)14-32-22-6-4-3-5-20(22)26/h3-6,8,10,15-19,21,23-24,27-28H,7,9,11-14H2,1-2H3,(H,29,30)/b10-8+/t16-,17-,18-,19-,21-,23+,24?/m1/s1. The third-order valence-electron chi connectivity index (χ3n) is 6.51. The molecule has 8 heteroatoms. The zero-order valence-corrected chi connectivity index (χ0v) is 19.9. The monoisotopic (exact) mass is 482 g/mol. The van der Waals surface area contributed by atoms with Gasteiger partial charge in [-0.2, -0.15) is 0 Å². The lowest BCUT2D eigenvalue weighted by Crippen LogP contribution is -2.32. The number of carboxylic acid groups (broad SMARTS) is 1. The number of benzene rings is 1. The van der Waals surface area contributed by atoms with E-state index < -0.39 is 24.3 Å². The summed E-state index contributed by atoms with van der Waals surface area (Å²) in [6.45, 7) is 4.56. The molecular formula is C25H35ClO7. The molecule has 1 heterocycles. The fraction of sp³-hybridized carbons (Fsp3) is 0.640. The summed E-state index contributed by atoms with van der Waals surface area (Å²) in [5, 5.41) is 30.7. The molecule has 7 nitrogen and oxygen atoms in total. The van der Waals surface area contributed by atoms with Crippen LogP contribution in [0.3, 0.4) is 0 Å². The number of fused-ring (bicyclic) bond motifs is 1. The van der Waals surface area contributed by atoms with E-state index in [0.717, 1.165) is 12.8 Å². The van der Waals surface area contributed by atoms with Gasteiger partial charge in [0.2, 0.25) is 0 Å². The van der Waals surface area contributed by atoms with E-state index >= 15 is 0 Å². The van der Waals surface area contributed by atoms with Gasteiger partial charge in [0.25, 0.3) is 0 Å². The summed E-state index contributed by atoms with van der Waals surface area (Å²) in [5.74, 6) is -0.396. The molecule has 184 valence electrons. The van der Waals surface area contributed by atoms with Crippen LogP contribution in [0.4, 0.5) is 0 Å². The Balaban J connectivity index is 1.51. The summed E-state index contributed by atoms with van der Waals surface area (Å²) >= 11 is 6.07. The molecule has 0 amide bonds. The van der Waals surface area contributed by atoms with E-state index in [2.05, 4.69) is 0 Å². The average Bonchev–Trinajstić information content (AvgIpc) is 2.92. The van der Waals surface area contributed by atoms with Gasteiger partial charge in [0.15, 0.2) is 6.10 Å². The van der Waals surface area contributed by atoms with E-state index in [1.165, 1.54) is 0 Å². The molecule has 1 saturated heterocycles. The highest BCUT2D eigenvalue weighted by Crippen LogP contribution is 2.41. The van der Waals surface area contributed by atoms with Crippen LogP contribution in [0.5, 0.6) is 5.75 Å². The largest absolute Gasteiger partial charge is 0.489 e. The number of ether oxygens (including phenoxy) is 3. The predicted molar refractivity (Wildman–Crippen MR) is 124 cm³/mol. The first-order valence-electron chi connectivity index (χ1n) is 11.6. The summed E-state index contributed by atoms with van der Waals surface area (Å²) in [5.41, 5.74) is 0. The quantitative estimate of drug-likeness (QED) is 0.438. The zero-order valence-electron chi connectivity index (χ0n) is 19.2. The van der Waals surface area contributed by atoms with Gasteiger partial charge in [-0.15, -0.1) is 0 Å². The number of aliphatic carboxylic acids is 1. The number of hydrogen-bond acceptors (Lipinski definition) is 6. The minimum Gasteiger partial charge on any atom is -0.489 e. The van der Waals surface area contributed by atoms with Gasteiger partial charge in [0.1, 0.15) is 18.5 Å². The highest BCUT2D eigenvalue weighted by molar-refractivity contribution is 6.32. The van der Waals surface area contributed by atoms with E-state index in [-0.39, 0.29) is 36.4 Å². The van der Waals surface area contributed by atoms with Crippen molar-refractivity contribution in [1.82, 2.24) is 0 Å². The Kier molecular flexibility index (Phi) is 9.58. The van der Waals surface area contributed by atoms with E-state index in [4.69, 9.17) is 25.8 Å². The summed E-state index contributed by atoms with van der Waals surface area (Å²) < 4.78 is 17.4. The highest BCUT2D eigenvalue weighted by atomic mass is 35.5. The topological polar surface area (TPSA) is 105 Å². The molecule has 0 aromatic heterocycles. The predicted octanol–water partition coefficient (Wildman–Crippen LogP) is 3.55. The van der Waals surface area contributed by atoms with Crippen LogP contribution in [0.2, 0.25) is 5.02 Å². The number of carbonyl (C=O) groups is 1. The second-order valence-electron chi connectivity index (χ2n) is 9.39. The van der Waals surface area contributed by atoms with Gasteiger partial charge in [-0.1, -0.05) is 49.7 Å². The van der Waals surface area contributed by atoms with Gasteiger partial charge in [-0.3, -0.25) is 0 Å². The van der Waals surface area contributed by atoms with Crippen LogP contribution in [0.15, 0.2) is 36.4 Å². The lowest BCUT2D eigenvalue weighted by molar-refractivity contribution is -0.155. The molecule has 2 aliphatic rings. The molecule has 3 rings (SSSR count). The second-order valence-corrected chi connectivity index (χ2v) is 9.80. The van der Waals surface area contributed by atoms with Crippen molar-refractivity contribution in [3.63, 3.8) is 0 Å². The summed E-state index contributed by atoms with van der Waals surface area (Å²) in [7, 11) is 0. The summed E-state index contributed by atoms with van der Waals surface area (Å²) in [6, 6.07) is 7.09. The molecule has 2 fully saturated rings. The van der Waals surface area contributed by atoms with Crippen LogP contribution in [0.25, 0.3) is 0 Å². The van der Waals surface area contributed by atoms with E-state index in [9.17, 15) is 20.1 Å². The van der Waals surface area contributed by atoms with Crippen molar-refractivity contribution < 1.29 is 34.3 Å². The van der Waals surface area contributed by atoms with Crippen molar-refractivity contribution in [1.29, 1.82) is 0 Å². The number of aliphatic hydroxyl groups is 2. The maximum Gasteiger partial charge on any atom is 0.333 e. The first-order valence-corrected chi connectivity index (χ1v) is 12.0. The van der Waals surface area contributed by atoms with Crippen LogP contribution in [-0.4, -0.2) is 65.5 Å². The number of hydrogen-bond donors (Lipinski definition) is 3. The Hall–Kier alpha value is -1.64. The number of carboxylic acids is 1. The Morgan fingerprint density at radius 3 is 2.76 bits per heavy atom. The Bertz CT molecular complexity index is 799. The van der Waals surface area contributed by atoms with Crippen molar-refractivity contribution in [2.75, 3.05) is 19.8 Å². The minimum atomic E-state index is -0.943. The van der Waals surface area contributed by atoms with Crippen LogP contribution >= 0.6 is 11.6 Å². The number of aliphatic hydroxyl groups excluding tert-OH is 2. The Morgan fingerprint density at radius 1 is 1.30 bits per heavy atom. The number of halogens is 1. The summed E-state index contributed by atoms with van der Waals surface area (Å²) in [6.07, 6.45) is 3.52. The third-order valence-corrected chi connectivity index (χ3v) is 6.82. The molecule has 0 radical (unpaired) electrons. The molecule has 1 aromatic rings. The van der Waals surface area contributed by atoms with Gasteiger partial charge in [-0.25, -0.2) is 4.79 Å². The van der Waals surface area contributed by atoms with Crippen LogP contribution in [0, 0.1) is 23.7 Å². The SMILES string of the molecule is CC(C)C(OC[C@@H]1CC[C@@H]2[C@@H](/C=C/[C@@H](O)COc3ccccc3Cl)[C@H](O)C[C@@H]2OC1)C(=O)O. The van der Waals surface area contributed by atoms with E-state index in [1.807, 2.05) is 32.1 Å². The van der Waals surface area contributed by atoms with Crippen molar-refractivity contribution in [2.45, 2.75) is 57.5 Å². The minimum absolute atomic E-state index is 0.0588. The number of para-hydroxylation sites is 1. The Morgan fingerprint density at radius 2 is 2.06 bits per heavy atom. The van der Waals surface area contributed by atoms with Gasteiger partial charge < -0.3 is 29.5 Å². The Labute approximate surface area is 200 Å². The van der Waals surface area contributed by atoms with Crippen molar-refractivity contribution in [3.8, 4) is 5.75 Å². The lowest BCUT2D eigenvalue weighted by Gasteiger charge is -2.22. The molecule has 0 spiro atoms. The summed E-state index contributed by atoms with van der Waals surface area (Å²) in [4.78, 5) is 11.4. The first kappa shape index (κ1) is 26.0. The van der Waals surface area contributed by atoms with Gasteiger partial charge in [0, 0.05) is 18.3 Å². The van der Waals surface area contributed by atoms with Gasteiger partial charge in [-0.05, 0) is 36.8 Å². The van der Waals surface area contributed by atoms with Crippen molar-refractivity contribution in [3.05, 3.63) is 41.4 Å². The maximum atomic E-state index is 11.4. The normalized spacial score (nSPS) is 29.6. The molecular weight excluding hydrogens is 448 g/mol. The maximum absolute atomic E-state index is 11.4. The fourth-order valence-corrected chi connectivity index (χ4v) is 4.87. The van der Waals surface area contributed by atoms with Gasteiger partial charge in [0.05, 0.1) is 30.4 Å².